The van der Waals surface area contributed by atoms with Crippen molar-refractivity contribution in [2.24, 2.45) is 4.99 Å². The average Bonchev–Trinajstić information content (AvgIpc) is 1.77. The average molecular weight is 157 g/mol. The molecule has 0 unspecified atom stereocenters. The summed E-state index contributed by atoms with van der Waals surface area (Å²) in [5.74, 6) is -1.24. The molecule has 4 heteroatoms. The smallest absolute Gasteiger partial charge is 0.284 e. The zero-order valence-corrected chi connectivity index (χ0v) is 6.06. The van der Waals surface area contributed by atoms with Gasteiger partial charge in [0.05, 0.1) is 0 Å². The third-order valence-corrected chi connectivity index (χ3v) is 0.736. The Balaban J connectivity index is 0.000000640. The first-order chi connectivity index (χ1) is 3.80. The maximum atomic E-state index is 10.2. The van der Waals surface area contributed by atoms with Gasteiger partial charge in [0, 0.05) is 27.9 Å². The molecule has 0 aromatic rings. The van der Waals surface area contributed by atoms with Gasteiger partial charge in [-0.2, -0.15) is 0 Å². The monoisotopic (exact) mass is 157 g/mol. The second kappa shape index (κ2) is 3.48. The summed E-state index contributed by atoms with van der Waals surface area (Å²) in [5.41, 5.74) is 0. The van der Waals surface area contributed by atoms with Gasteiger partial charge in [-0.05, 0) is 12.2 Å². The van der Waals surface area contributed by atoms with Gasteiger partial charge in [-0.25, -0.2) is 4.99 Å². The van der Waals surface area contributed by atoms with Crippen LogP contribution in [0, 0.1) is 0 Å². The van der Waals surface area contributed by atoms with Crippen molar-refractivity contribution < 1.29 is 31.3 Å². The molecule has 0 spiro atoms. The summed E-state index contributed by atoms with van der Waals surface area (Å²) in [7, 11) is 0. The van der Waals surface area contributed by atoms with E-state index in [9.17, 15) is 9.59 Å². The van der Waals surface area contributed by atoms with Crippen LogP contribution in [0.2, 0.25) is 0 Å². The van der Waals surface area contributed by atoms with Gasteiger partial charge in [0.2, 0.25) is 5.78 Å². The quantitative estimate of drug-likeness (QED) is 0.358. The van der Waals surface area contributed by atoms with E-state index in [1.807, 2.05) is 0 Å². The summed E-state index contributed by atoms with van der Waals surface area (Å²) >= 11 is 0. The summed E-state index contributed by atoms with van der Waals surface area (Å²) < 4.78 is 0. The van der Waals surface area contributed by atoms with Crippen molar-refractivity contribution in [1.29, 1.82) is 0 Å². The van der Waals surface area contributed by atoms with Gasteiger partial charge >= 0.3 is 5.91 Å². The zero-order chi connectivity index (χ0) is 5.98. The minimum Gasteiger partial charge on any atom is -0.284 e. The van der Waals surface area contributed by atoms with E-state index in [4.69, 9.17) is 0 Å². The molecule has 0 N–H and O–H groups in total. The van der Waals surface area contributed by atoms with E-state index in [0.717, 1.165) is 0 Å². The number of dihydropyridines is 1. The first-order valence-corrected chi connectivity index (χ1v) is 2.10. The van der Waals surface area contributed by atoms with Crippen molar-refractivity contribution in [2.45, 2.75) is 0 Å². The Hall–Kier alpha value is -0.536. The van der Waals surface area contributed by atoms with Crippen molar-refractivity contribution in [3.63, 3.8) is 0 Å². The molecule has 1 rings (SSSR count). The van der Waals surface area contributed by atoms with E-state index in [0.29, 0.717) is 0 Å². The van der Waals surface area contributed by atoms with Gasteiger partial charge in [-0.15, -0.1) is 0 Å². The third kappa shape index (κ3) is 2.04. The molecule has 1 heterocycles. The number of hydrogen-bond donors (Lipinski definition) is 0. The molecule has 3 nitrogen and oxygen atoms in total. The van der Waals surface area contributed by atoms with E-state index in [1.165, 1.54) is 18.4 Å². The minimum atomic E-state index is -0.687. The van der Waals surface area contributed by atoms with Gasteiger partial charge in [0.15, 0.2) is 0 Å². The number of allylic oxidation sites excluding steroid dienone is 1. The predicted octanol–water partition coefficient (Wildman–Crippen LogP) is -0.280. The Morgan fingerprint density at radius 2 is 2.00 bits per heavy atom. The molecular formula is C5H3NO2Ti. The first kappa shape index (κ1) is 8.46. The molecule has 0 atom stereocenters. The Kier molecular flexibility index (Phi) is 3.27. The van der Waals surface area contributed by atoms with E-state index in [2.05, 4.69) is 4.99 Å². The largest absolute Gasteiger partial charge is 0.317 e. The Labute approximate surface area is 66.7 Å². The van der Waals surface area contributed by atoms with Gasteiger partial charge in [0.25, 0.3) is 0 Å². The van der Waals surface area contributed by atoms with Crippen LogP contribution in [0.15, 0.2) is 17.1 Å². The third-order valence-electron chi connectivity index (χ3n) is 0.736. The number of aliphatic imine (C=N–C) groups is 1. The molecule has 1 amide bonds. The van der Waals surface area contributed by atoms with Crippen molar-refractivity contribution in [2.75, 3.05) is 0 Å². The molecule has 0 aromatic carbocycles. The molecule has 0 bridgehead atoms. The van der Waals surface area contributed by atoms with Crippen molar-refractivity contribution >= 4 is 17.9 Å². The summed E-state index contributed by atoms with van der Waals surface area (Å²) in [6.45, 7) is 0. The molecule has 0 fully saturated rings. The van der Waals surface area contributed by atoms with Crippen molar-refractivity contribution in [1.82, 2.24) is 0 Å². The maximum Gasteiger partial charge on any atom is 0.317 e. The Morgan fingerprint density at radius 1 is 1.33 bits per heavy atom. The second-order valence-electron chi connectivity index (χ2n) is 1.31. The number of nitrogens with zero attached hydrogens (tertiary/aromatic N) is 1. The minimum absolute atomic E-state index is 0. The molecule has 1 aliphatic rings. The molecule has 0 saturated heterocycles. The SMILES string of the molecule is O=C1C=CC=NC1=O.[Ti]. The number of carbonyl (C=O) groups is 2. The van der Waals surface area contributed by atoms with Crippen LogP contribution in [0.4, 0.5) is 0 Å². The normalized spacial score (nSPS) is 15.6. The second-order valence-corrected chi connectivity index (χ2v) is 1.31. The van der Waals surface area contributed by atoms with Crippen LogP contribution in [0.5, 0.6) is 0 Å². The van der Waals surface area contributed by atoms with E-state index < -0.39 is 11.7 Å². The van der Waals surface area contributed by atoms with Crippen LogP contribution in [-0.2, 0) is 31.3 Å². The number of rotatable bonds is 0. The number of hydrogen-bond acceptors (Lipinski definition) is 2. The Morgan fingerprint density at radius 3 is 2.33 bits per heavy atom. The summed E-state index contributed by atoms with van der Waals surface area (Å²) in [6, 6.07) is 0. The topological polar surface area (TPSA) is 46.5 Å². The van der Waals surface area contributed by atoms with Crippen LogP contribution >= 0.6 is 0 Å². The molecule has 0 aliphatic carbocycles. The number of carbonyl (C=O) groups excluding carboxylic acids is 2. The van der Waals surface area contributed by atoms with E-state index in [-0.39, 0.29) is 21.7 Å². The van der Waals surface area contributed by atoms with Gasteiger partial charge in [0.1, 0.15) is 0 Å². The van der Waals surface area contributed by atoms with Crippen LogP contribution in [0.3, 0.4) is 0 Å². The van der Waals surface area contributed by atoms with E-state index in [1.54, 1.807) is 0 Å². The van der Waals surface area contributed by atoms with Crippen LogP contribution in [-0.4, -0.2) is 17.9 Å². The zero-order valence-electron chi connectivity index (χ0n) is 4.50. The fraction of sp³-hybridized carbons (Fsp3) is 0. The first-order valence-electron chi connectivity index (χ1n) is 2.10. The fourth-order valence-corrected chi connectivity index (χ4v) is 0.376. The molecule has 0 aromatic heterocycles. The number of amides is 1. The molecular weight excluding hydrogens is 154 g/mol. The molecule has 44 valence electrons. The molecule has 1 aliphatic heterocycles. The van der Waals surface area contributed by atoms with Crippen LogP contribution < -0.4 is 0 Å². The van der Waals surface area contributed by atoms with Crippen LogP contribution in [0.25, 0.3) is 0 Å². The summed E-state index contributed by atoms with van der Waals surface area (Å²) in [4.78, 5) is 23.6. The van der Waals surface area contributed by atoms with E-state index >= 15 is 0 Å². The van der Waals surface area contributed by atoms with Crippen molar-refractivity contribution in [3.8, 4) is 0 Å². The Bertz CT molecular complexity index is 173. The molecule has 0 saturated carbocycles. The van der Waals surface area contributed by atoms with Crippen molar-refractivity contribution in [3.05, 3.63) is 12.2 Å². The van der Waals surface area contributed by atoms with Gasteiger partial charge < -0.3 is 0 Å². The maximum absolute atomic E-state index is 10.2. The fourth-order valence-electron chi connectivity index (χ4n) is 0.376. The molecule has 9 heavy (non-hydrogen) atoms. The predicted molar refractivity (Wildman–Crippen MR) is 27.6 cm³/mol. The molecule has 0 radical (unpaired) electrons. The van der Waals surface area contributed by atoms with Gasteiger partial charge in [-0.1, -0.05) is 0 Å². The standard InChI is InChI=1S/C5H3NO2.Ti/c7-4-2-1-3-6-5(4)8;/h1-3H;. The summed E-state index contributed by atoms with van der Waals surface area (Å²) in [5, 5.41) is 0. The van der Waals surface area contributed by atoms with Gasteiger partial charge in [-0.3, -0.25) is 9.59 Å². The summed E-state index contributed by atoms with van der Waals surface area (Å²) in [6.07, 6.45) is 3.92. The number of ketones is 1. The van der Waals surface area contributed by atoms with Crippen LogP contribution in [0.1, 0.15) is 0 Å².